The Morgan fingerprint density at radius 1 is 0.946 bits per heavy atom. The Hall–Kier alpha value is -3.58. The number of aromatic nitrogens is 1. The molecule has 1 amide bonds. The molecule has 37 heavy (non-hydrogen) atoms. The molecule has 7 heteroatoms. The van der Waals surface area contributed by atoms with Crippen LogP contribution < -0.4 is 11.1 Å². The number of benzene rings is 2. The molecule has 3 N–H and O–H groups in total. The lowest BCUT2D eigenvalue weighted by Gasteiger charge is -2.41. The van der Waals surface area contributed by atoms with Crippen LogP contribution in [0.5, 0.6) is 0 Å². The van der Waals surface area contributed by atoms with Gasteiger partial charge in [0, 0.05) is 30.4 Å². The van der Waals surface area contributed by atoms with Gasteiger partial charge < -0.3 is 20.7 Å². The molecule has 2 fully saturated rings. The van der Waals surface area contributed by atoms with Gasteiger partial charge in [0.1, 0.15) is 6.61 Å². The lowest BCUT2D eigenvalue weighted by molar-refractivity contribution is -0.138. The molecule has 0 bridgehead atoms. The van der Waals surface area contributed by atoms with Gasteiger partial charge in [-0.3, -0.25) is 9.36 Å². The van der Waals surface area contributed by atoms with Crippen LogP contribution in [0.3, 0.4) is 0 Å². The second-order valence-corrected chi connectivity index (χ2v) is 10.5. The second-order valence-electron chi connectivity index (χ2n) is 10.5. The van der Waals surface area contributed by atoms with Gasteiger partial charge in [0.25, 0.3) is 0 Å². The molecule has 7 nitrogen and oxygen atoms in total. The summed E-state index contributed by atoms with van der Waals surface area (Å²) in [5.74, 6) is 0.215. The van der Waals surface area contributed by atoms with Gasteiger partial charge in [-0.15, -0.1) is 0 Å². The highest BCUT2D eigenvalue weighted by atomic mass is 16.5. The van der Waals surface area contributed by atoms with E-state index in [9.17, 15) is 9.59 Å². The van der Waals surface area contributed by atoms with Crippen molar-refractivity contribution in [3.8, 4) is 0 Å². The highest BCUT2D eigenvalue weighted by Crippen LogP contribution is 2.51. The number of nitrogens with two attached hydrogens (primary N) is 1. The van der Waals surface area contributed by atoms with Crippen molar-refractivity contribution in [2.24, 2.45) is 17.6 Å². The fourth-order valence-electron chi connectivity index (χ4n) is 6.55. The van der Waals surface area contributed by atoms with Crippen molar-refractivity contribution in [3.63, 3.8) is 0 Å². The van der Waals surface area contributed by atoms with Crippen LogP contribution in [0.1, 0.15) is 61.0 Å². The van der Waals surface area contributed by atoms with E-state index in [0.29, 0.717) is 6.54 Å². The predicted octanol–water partition coefficient (Wildman–Crippen LogP) is 5.25. The topological polar surface area (TPSA) is 89.6 Å². The minimum Gasteiger partial charge on any atom is -0.444 e. The second kappa shape index (κ2) is 10.1. The van der Waals surface area contributed by atoms with E-state index < -0.39 is 6.09 Å². The van der Waals surface area contributed by atoms with Crippen LogP contribution in [-0.2, 0) is 16.1 Å². The highest BCUT2D eigenvalue weighted by molar-refractivity contribution is 5.81. The van der Waals surface area contributed by atoms with Crippen molar-refractivity contribution in [3.05, 3.63) is 89.7 Å². The average molecular weight is 499 g/mol. The molecule has 3 heterocycles. The van der Waals surface area contributed by atoms with Crippen molar-refractivity contribution >= 4 is 17.7 Å². The molecule has 3 aliphatic rings. The zero-order valence-corrected chi connectivity index (χ0v) is 21.0. The number of rotatable bonds is 4. The Morgan fingerprint density at radius 3 is 2.57 bits per heavy atom. The first-order valence-electron chi connectivity index (χ1n) is 13.4. The van der Waals surface area contributed by atoms with Gasteiger partial charge in [0.15, 0.2) is 0 Å². The van der Waals surface area contributed by atoms with Crippen LogP contribution in [-0.4, -0.2) is 34.1 Å². The Kier molecular flexibility index (Phi) is 6.47. The Bertz CT molecular complexity index is 1270. The summed E-state index contributed by atoms with van der Waals surface area (Å²) in [6.07, 6.45) is 6.16. The number of nitrogens with zero attached hydrogens (tertiary/aromatic N) is 2. The molecule has 6 rings (SSSR count). The molecule has 1 aromatic heterocycles. The smallest absolute Gasteiger partial charge is 0.418 e. The van der Waals surface area contributed by atoms with E-state index in [1.165, 1.54) is 0 Å². The number of carbonyl (C=O) groups excluding carboxylic acids is 2. The van der Waals surface area contributed by atoms with E-state index in [1.807, 2.05) is 54.6 Å². The maximum absolute atomic E-state index is 13.8. The SMILES string of the molecule is N[C@@H]1CCCC[C@@H]1C(=O)N1CC[C@@H]2[C@H](c3cccn3C(=O)OCc3ccccc3)Nc3ccccc3[C@@H]21. The van der Waals surface area contributed by atoms with Gasteiger partial charge in [0.05, 0.1) is 23.7 Å². The van der Waals surface area contributed by atoms with Crippen molar-refractivity contribution < 1.29 is 14.3 Å². The lowest BCUT2D eigenvalue weighted by Crippen LogP contribution is -2.47. The number of amides is 1. The van der Waals surface area contributed by atoms with Gasteiger partial charge >= 0.3 is 6.09 Å². The Morgan fingerprint density at radius 2 is 1.73 bits per heavy atom. The molecule has 2 aliphatic heterocycles. The number of carbonyl (C=O) groups is 2. The predicted molar refractivity (Wildman–Crippen MR) is 142 cm³/mol. The zero-order valence-electron chi connectivity index (χ0n) is 21.0. The van der Waals surface area contributed by atoms with Gasteiger partial charge in [-0.25, -0.2) is 4.79 Å². The van der Waals surface area contributed by atoms with Gasteiger partial charge in [-0.05, 0) is 48.6 Å². The third-order valence-corrected chi connectivity index (χ3v) is 8.38. The van der Waals surface area contributed by atoms with Crippen molar-refractivity contribution in [2.75, 3.05) is 11.9 Å². The molecule has 192 valence electrons. The molecular formula is C30H34N4O3. The summed E-state index contributed by atoms with van der Waals surface area (Å²) in [7, 11) is 0. The van der Waals surface area contributed by atoms with Gasteiger partial charge in [0.2, 0.25) is 5.91 Å². The van der Waals surface area contributed by atoms with Crippen molar-refractivity contribution in [2.45, 2.75) is 56.8 Å². The van der Waals surface area contributed by atoms with Crippen molar-refractivity contribution in [1.82, 2.24) is 9.47 Å². The summed E-state index contributed by atoms with van der Waals surface area (Å²) in [5, 5.41) is 3.70. The van der Waals surface area contributed by atoms with Gasteiger partial charge in [-0.1, -0.05) is 61.4 Å². The van der Waals surface area contributed by atoms with Crippen LogP contribution in [0.2, 0.25) is 0 Å². The summed E-state index contributed by atoms with van der Waals surface area (Å²) >= 11 is 0. The third-order valence-electron chi connectivity index (χ3n) is 8.38. The molecule has 0 unspecified atom stereocenters. The summed E-state index contributed by atoms with van der Waals surface area (Å²) in [6.45, 7) is 0.914. The highest BCUT2D eigenvalue weighted by Gasteiger charge is 2.48. The normalized spacial score (nSPS) is 26.6. The summed E-state index contributed by atoms with van der Waals surface area (Å²) in [6, 6.07) is 21.5. The van der Waals surface area contributed by atoms with E-state index in [4.69, 9.17) is 10.5 Å². The number of hydrogen-bond acceptors (Lipinski definition) is 5. The minimum atomic E-state index is -0.403. The van der Waals surface area contributed by atoms with E-state index in [1.54, 1.807) is 10.8 Å². The molecule has 3 aromatic rings. The summed E-state index contributed by atoms with van der Waals surface area (Å²) < 4.78 is 7.26. The molecule has 2 aromatic carbocycles. The number of nitrogens with one attached hydrogen (secondary N) is 1. The summed E-state index contributed by atoms with van der Waals surface area (Å²) in [5.41, 5.74) is 10.4. The molecule has 1 aliphatic carbocycles. The fourth-order valence-corrected chi connectivity index (χ4v) is 6.55. The fraction of sp³-hybridized carbons (Fsp3) is 0.400. The monoisotopic (exact) mass is 498 g/mol. The quantitative estimate of drug-likeness (QED) is 0.513. The van der Waals surface area contributed by atoms with Crippen LogP contribution in [0.15, 0.2) is 72.9 Å². The number of para-hydroxylation sites is 1. The van der Waals surface area contributed by atoms with E-state index in [-0.39, 0.29) is 42.5 Å². The molecule has 0 radical (unpaired) electrons. The van der Waals surface area contributed by atoms with E-state index in [0.717, 1.165) is 54.6 Å². The number of fused-ring (bicyclic) bond motifs is 3. The van der Waals surface area contributed by atoms with Crippen molar-refractivity contribution in [1.29, 1.82) is 0 Å². The van der Waals surface area contributed by atoms with Gasteiger partial charge in [-0.2, -0.15) is 0 Å². The van der Waals surface area contributed by atoms with E-state index >= 15 is 0 Å². The maximum atomic E-state index is 13.8. The summed E-state index contributed by atoms with van der Waals surface area (Å²) in [4.78, 5) is 29.0. The number of anilines is 1. The molecule has 1 saturated heterocycles. The number of hydrogen-bond donors (Lipinski definition) is 2. The lowest BCUT2D eigenvalue weighted by atomic mass is 9.80. The minimum absolute atomic E-state index is 0.0484. The van der Waals surface area contributed by atoms with Crippen LogP contribution in [0, 0.1) is 11.8 Å². The molecule has 1 saturated carbocycles. The maximum Gasteiger partial charge on any atom is 0.418 e. The van der Waals surface area contributed by atoms with Crippen LogP contribution >= 0.6 is 0 Å². The van der Waals surface area contributed by atoms with Crippen LogP contribution in [0.25, 0.3) is 0 Å². The largest absolute Gasteiger partial charge is 0.444 e. The van der Waals surface area contributed by atoms with Crippen LogP contribution in [0.4, 0.5) is 10.5 Å². The number of ether oxygens (including phenoxy) is 1. The Labute approximate surface area is 217 Å². The average Bonchev–Trinajstić information content (AvgIpc) is 3.60. The first-order chi connectivity index (χ1) is 18.1. The number of likely N-dealkylation sites (tertiary alicyclic amines) is 1. The molecule has 0 spiro atoms. The van der Waals surface area contributed by atoms with E-state index in [2.05, 4.69) is 22.3 Å². The standard InChI is InChI=1S/C30H34N4O3/c31-24-13-6-4-11-21(24)29(35)34-18-16-23-27(32-25-14-7-5-12-22(25)28(23)34)26-15-8-17-33(26)30(36)37-19-20-9-2-1-3-10-20/h1-3,5,7-10,12,14-15,17,21,23-24,27-28,32H,4,6,11,13,16,18-19,31H2/t21-,23+,24+,27+,28-/m0/s1. The first kappa shape index (κ1) is 23.8. The Balaban J connectivity index is 1.28. The zero-order chi connectivity index (χ0) is 25.4. The first-order valence-corrected chi connectivity index (χ1v) is 13.4. The molecular weight excluding hydrogens is 464 g/mol. The molecule has 5 atom stereocenters. The third kappa shape index (κ3) is 4.42.